The Morgan fingerprint density at radius 2 is 1.79 bits per heavy atom. The van der Waals surface area contributed by atoms with E-state index >= 15 is 0 Å². The minimum atomic E-state index is -0.0547. The lowest BCUT2D eigenvalue weighted by molar-refractivity contribution is -0.125. The van der Waals surface area contributed by atoms with Crippen LogP contribution in [0.25, 0.3) is 11.3 Å². The SMILES string of the molecule is C/C=C/C=C/C(=O)N(C)Cc1cn(Cc2ccccc2Cl)nc1-c1ccccc1. The molecule has 148 valence electrons. The van der Waals surface area contributed by atoms with Gasteiger partial charge >= 0.3 is 0 Å². The molecule has 0 radical (unpaired) electrons. The smallest absolute Gasteiger partial charge is 0.246 e. The number of rotatable bonds is 7. The third-order valence-electron chi connectivity index (χ3n) is 4.50. The Morgan fingerprint density at radius 1 is 1.07 bits per heavy atom. The van der Waals surface area contributed by atoms with Gasteiger partial charge in [-0.15, -0.1) is 0 Å². The van der Waals surface area contributed by atoms with Crippen LogP contribution in [0.15, 0.2) is 85.1 Å². The van der Waals surface area contributed by atoms with Crippen LogP contribution in [0.1, 0.15) is 18.1 Å². The lowest BCUT2D eigenvalue weighted by Gasteiger charge is -2.15. The van der Waals surface area contributed by atoms with Crippen LogP contribution < -0.4 is 0 Å². The minimum absolute atomic E-state index is 0.0547. The van der Waals surface area contributed by atoms with Crippen molar-refractivity contribution in [3.8, 4) is 11.3 Å². The lowest BCUT2D eigenvalue weighted by Crippen LogP contribution is -2.24. The van der Waals surface area contributed by atoms with Crippen LogP contribution in [0, 0.1) is 0 Å². The fourth-order valence-electron chi connectivity index (χ4n) is 3.01. The van der Waals surface area contributed by atoms with Gasteiger partial charge in [0.2, 0.25) is 5.91 Å². The number of carbonyl (C=O) groups is 1. The highest BCUT2D eigenvalue weighted by Gasteiger charge is 2.15. The summed E-state index contributed by atoms with van der Waals surface area (Å²) in [6.45, 7) is 2.95. The summed E-state index contributed by atoms with van der Waals surface area (Å²) in [7, 11) is 1.79. The van der Waals surface area contributed by atoms with E-state index in [1.54, 1.807) is 24.1 Å². The van der Waals surface area contributed by atoms with Crippen molar-refractivity contribution in [3.63, 3.8) is 0 Å². The van der Waals surface area contributed by atoms with E-state index in [0.717, 1.165) is 22.4 Å². The summed E-state index contributed by atoms with van der Waals surface area (Å²) in [5.41, 5.74) is 3.88. The molecule has 1 amide bonds. The Hall–Kier alpha value is -3.11. The van der Waals surface area contributed by atoms with E-state index in [1.807, 2.05) is 84.6 Å². The number of likely N-dealkylation sites (N-methyl/N-ethyl adjacent to an activating group) is 1. The van der Waals surface area contributed by atoms with Gasteiger partial charge in [-0.1, -0.05) is 78.4 Å². The van der Waals surface area contributed by atoms with Gasteiger partial charge in [0.05, 0.1) is 12.2 Å². The summed E-state index contributed by atoms with van der Waals surface area (Å²) in [5.74, 6) is -0.0547. The predicted molar refractivity (Wildman–Crippen MR) is 119 cm³/mol. The molecular weight excluding hydrogens is 382 g/mol. The Labute approximate surface area is 176 Å². The molecular formula is C24H24ClN3O. The second kappa shape index (κ2) is 9.89. The maximum Gasteiger partial charge on any atom is 0.246 e. The van der Waals surface area contributed by atoms with Crippen molar-refractivity contribution in [1.29, 1.82) is 0 Å². The van der Waals surface area contributed by atoms with Gasteiger partial charge in [0, 0.05) is 42.0 Å². The molecule has 2 aromatic carbocycles. The first kappa shape index (κ1) is 20.6. The molecule has 0 aliphatic rings. The molecule has 0 unspecified atom stereocenters. The minimum Gasteiger partial charge on any atom is -0.338 e. The molecule has 0 saturated carbocycles. The second-order valence-electron chi connectivity index (χ2n) is 6.74. The van der Waals surface area contributed by atoms with E-state index in [4.69, 9.17) is 16.7 Å². The first-order valence-corrected chi connectivity index (χ1v) is 9.86. The molecule has 0 N–H and O–H groups in total. The van der Waals surface area contributed by atoms with Crippen molar-refractivity contribution in [3.05, 3.63) is 101 Å². The van der Waals surface area contributed by atoms with Gasteiger partial charge in [0.1, 0.15) is 0 Å². The topological polar surface area (TPSA) is 38.1 Å². The van der Waals surface area contributed by atoms with Crippen LogP contribution in [-0.4, -0.2) is 27.6 Å². The number of halogens is 1. The van der Waals surface area contributed by atoms with E-state index in [-0.39, 0.29) is 5.91 Å². The molecule has 0 fully saturated rings. The van der Waals surface area contributed by atoms with E-state index in [1.165, 1.54) is 0 Å². The van der Waals surface area contributed by atoms with Crippen LogP contribution in [-0.2, 0) is 17.9 Å². The van der Waals surface area contributed by atoms with Crippen LogP contribution in [0.3, 0.4) is 0 Å². The molecule has 1 heterocycles. The number of amides is 1. The van der Waals surface area contributed by atoms with E-state index < -0.39 is 0 Å². The lowest BCUT2D eigenvalue weighted by atomic mass is 10.1. The van der Waals surface area contributed by atoms with Crippen molar-refractivity contribution in [2.75, 3.05) is 7.05 Å². The normalized spacial score (nSPS) is 11.4. The Bertz CT molecular complexity index is 1020. The highest BCUT2D eigenvalue weighted by molar-refractivity contribution is 6.31. The number of aromatic nitrogens is 2. The summed E-state index contributed by atoms with van der Waals surface area (Å²) in [5, 5.41) is 5.51. The van der Waals surface area contributed by atoms with Crippen molar-refractivity contribution in [2.24, 2.45) is 0 Å². The summed E-state index contributed by atoms with van der Waals surface area (Å²) >= 11 is 6.32. The van der Waals surface area contributed by atoms with Crippen molar-refractivity contribution in [2.45, 2.75) is 20.0 Å². The molecule has 3 aromatic rings. The zero-order valence-electron chi connectivity index (χ0n) is 16.6. The molecule has 29 heavy (non-hydrogen) atoms. The van der Waals surface area contributed by atoms with Crippen LogP contribution >= 0.6 is 11.6 Å². The molecule has 3 rings (SSSR count). The maximum atomic E-state index is 12.4. The Morgan fingerprint density at radius 3 is 2.52 bits per heavy atom. The van der Waals surface area contributed by atoms with Crippen LogP contribution in [0.2, 0.25) is 5.02 Å². The monoisotopic (exact) mass is 405 g/mol. The molecule has 4 nitrogen and oxygen atoms in total. The van der Waals surface area contributed by atoms with Gasteiger partial charge in [-0.3, -0.25) is 9.48 Å². The molecule has 0 aliphatic heterocycles. The van der Waals surface area contributed by atoms with E-state index in [9.17, 15) is 4.79 Å². The number of carbonyl (C=O) groups excluding carboxylic acids is 1. The summed E-state index contributed by atoms with van der Waals surface area (Å²) in [4.78, 5) is 14.1. The Balaban J connectivity index is 1.89. The summed E-state index contributed by atoms with van der Waals surface area (Å²) in [6.07, 6.45) is 9.03. The molecule has 0 atom stereocenters. The van der Waals surface area contributed by atoms with Crippen LogP contribution in [0.5, 0.6) is 0 Å². The van der Waals surface area contributed by atoms with Gasteiger partial charge in [0.25, 0.3) is 0 Å². The van der Waals surface area contributed by atoms with E-state index in [0.29, 0.717) is 18.1 Å². The van der Waals surface area contributed by atoms with Gasteiger partial charge < -0.3 is 4.90 Å². The molecule has 0 aliphatic carbocycles. The van der Waals surface area contributed by atoms with Gasteiger partial charge in [-0.25, -0.2) is 0 Å². The Kier molecular flexibility index (Phi) is 7.04. The second-order valence-corrected chi connectivity index (χ2v) is 7.14. The number of nitrogens with zero attached hydrogens (tertiary/aromatic N) is 3. The zero-order chi connectivity index (χ0) is 20.6. The fraction of sp³-hybridized carbons (Fsp3) is 0.167. The fourth-order valence-corrected chi connectivity index (χ4v) is 3.20. The molecule has 0 saturated heterocycles. The van der Waals surface area contributed by atoms with Crippen molar-refractivity contribution < 1.29 is 4.79 Å². The standard InChI is InChI=1S/C24H24ClN3O/c1-3-4-6-15-23(29)27(2)16-21-18-28(17-20-13-9-10-14-22(20)25)26-24(21)19-11-7-5-8-12-19/h3-15,18H,16-17H2,1-2H3/b4-3+,15-6+. The summed E-state index contributed by atoms with van der Waals surface area (Å²) < 4.78 is 1.88. The number of hydrogen-bond donors (Lipinski definition) is 0. The van der Waals surface area contributed by atoms with Gasteiger partial charge in [-0.2, -0.15) is 5.10 Å². The highest BCUT2D eigenvalue weighted by Crippen LogP contribution is 2.24. The largest absolute Gasteiger partial charge is 0.338 e. The number of hydrogen-bond acceptors (Lipinski definition) is 2. The first-order valence-electron chi connectivity index (χ1n) is 9.48. The average Bonchev–Trinajstić information content (AvgIpc) is 3.12. The predicted octanol–water partition coefficient (Wildman–Crippen LogP) is 5.34. The molecule has 5 heteroatoms. The molecule has 0 spiro atoms. The van der Waals surface area contributed by atoms with Gasteiger partial charge in [0.15, 0.2) is 0 Å². The summed E-state index contributed by atoms with van der Waals surface area (Å²) in [6, 6.07) is 17.8. The molecule has 0 bridgehead atoms. The first-order chi connectivity index (χ1) is 14.1. The molecule has 1 aromatic heterocycles. The maximum absolute atomic E-state index is 12.4. The quantitative estimate of drug-likeness (QED) is 0.393. The average molecular weight is 406 g/mol. The van der Waals surface area contributed by atoms with Crippen molar-refractivity contribution >= 4 is 17.5 Å². The van der Waals surface area contributed by atoms with Crippen molar-refractivity contribution in [1.82, 2.24) is 14.7 Å². The van der Waals surface area contributed by atoms with Crippen LogP contribution in [0.4, 0.5) is 0 Å². The van der Waals surface area contributed by atoms with Gasteiger partial charge in [-0.05, 0) is 18.6 Å². The third kappa shape index (κ3) is 5.46. The third-order valence-corrected chi connectivity index (χ3v) is 4.87. The number of benzene rings is 2. The number of allylic oxidation sites excluding steroid dienone is 3. The zero-order valence-corrected chi connectivity index (χ0v) is 17.4. The van der Waals surface area contributed by atoms with E-state index in [2.05, 4.69) is 0 Å². The highest BCUT2D eigenvalue weighted by atomic mass is 35.5.